The molecule has 0 saturated heterocycles. The summed E-state index contributed by atoms with van der Waals surface area (Å²) < 4.78 is 15.8. The SMILES string of the molecule is Fc1cc2c(cc1Cl)nc(CCCl)n2CCCC1CC1. The first-order valence-corrected chi connectivity index (χ1v) is 8.00. The molecule has 0 amide bonds. The minimum atomic E-state index is -0.389. The van der Waals surface area contributed by atoms with Crippen molar-refractivity contribution in [2.24, 2.45) is 5.92 Å². The lowest BCUT2D eigenvalue weighted by Crippen LogP contribution is -2.05. The van der Waals surface area contributed by atoms with E-state index < -0.39 is 0 Å². The molecular weight excluding hydrogens is 298 g/mol. The Morgan fingerprint density at radius 1 is 1.35 bits per heavy atom. The highest BCUT2D eigenvalue weighted by molar-refractivity contribution is 6.31. The second-order valence-corrected chi connectivity index (χ2v) is 6.24. The molecule has 2 aromatic rings. The van der Waals surface area contributed by atoms with Gasteiger partial charge in [-0.05, 0) is 24.8 Å². The smallest absolute Gasteiger partial charge is 0.144 e. The van der Waals surface area contributed by atoms with Crippen molar-refractivity contribution in [2.75, 3.05) is 5.88 Å². The zero-order valence-corrected chi connectivity index (χ0v) is 12.7. The molecule has 1 aromatic carbocycles. The number of rotatable bonds is 6. The fourth-order valence-corrected chi connectivity index (χ4v) is 2.97. The topological polar surface area (TPSA) is 17.8 Å². The normalized spacial score (nSPS) is 15.2. The molecule has 1 heterocycles. The minimum Gasteiger partial charge on any atom is -0.328 e. The van der Waals surface area contributed by atoms with Gasteiger partial charge >= 0.3 is 0 Å². The van der Waals surface area contributed by atoms with Crippen molar-refractivity contribution in [1.82, 2.24) is 9.55 Å². The Morgan fingerprint density at radius 3 is 2.85 bits per heavy atom. The van der Waals surface area contributed by atoms with Gasteiger partial charge in [-0.3, -0.25) is 0 Å². The number of imidazole rings is 1. The van der Waals surface area contributed by atoms with E-state index in [0.29, 0.717) is 12.3 Å². The molecule has 5 heteroatoms. The van der Waals surface area contributed by atoms with Crippen molar-refractivity contribution >= 4 is 34.2 Å². The molecular formula is C15H17Cl2FN2. The van der Waals surface area contributed by atoms with Crippen LogP contribution in [0.3, 0.4) is 0 Å². The third kappa shape index (κ3) is 2.94. The molecule has 0 radical (unpaired) electrons. The summed E-state index contributed by atoms with van der Waals surface area (Å²) in [6, 6.07) is 3.08. The summed E-state index contributed by atoms with van der Waals surface area (Å²) in [7, 11) is 0. The van der Waals surface area contributed by atoms with Crippen LogP contribution in [0.5, 0.6) is 0 Å². The highest BCUT2D eigenvalue weighted by atomic mass is 35.5. The Kier molecular flexibility index (Phi) is 4.18. The summed E-state index contributed by atoms with van der Waals surface area (Å²) in [4.78, 5) is 4.55. The van der Waals surface area contributed by atoms with Gasteiger partial charge in [0.2, 0.25) is 0 Å². The predicted octanol–water partition coefficient (Wildman–Crippen LogP) is 4.80. The Hall–Kier alpha value is -0.800. The summed E-state index contributed by atoms with van der Waals surface area (Å²) in [6.45, 7) is 0.875. The van der Waals surface area contributed by atoms with Crippen LogP contribution in [-0.4, -0.2) is 15.4 Å². The van der Waals surface area contributed by atoms with Crippen LogP contribution in [0.25, 0.3) is 11.0 Å². The zero-order chi connectivity index (χ0) is 14.1. The van der Waals surface area contributed by atoms with Gasteiger partial charge in [-0.25, -0.2) is 9.37 Å². The van der Waals surface area contributed by atoms with Gasteiger partial charge in [0, 0.05) is 24.9 Å². The van der Waals surface area contributed by atoms with Gasteiger partial charge in [-0.15, -0.1) is 11.6 Å². The molecule has 1 aliphatic rings. The van der Waals surface area contributed by atoms with E-state index in [2.05, 4.69) is 9.55 Å². The summed E-state index contributed by atoms with van der Waals surface area (Å²) in [5.41, 5.74) is 1.57. The van der Waals surface area contributed by atoms with E-state index in [0.717, 1.165) is 35.7 Å². The molecule has 1 aromatic heterocycles. The molecule has 0 atom stereocenters. The molecule has 1 fully saturated rings. The van der Waals surface area contributed by atoms with Crippen LogP contribution < -0.4 is 0 Å². The molecule has 2 nitrogen and oxygen atoms in total. The first-order valence-electron chi connectivity index (χ1n) is 7.09. The quantitative estimate of drug-likeness (QED) is 0.700. The number of halogens is 3. The van der Waals surface area contributed by atoms with Crippen LogP contribution in [0.15, 0.2) is 12.1 Å². The van der Waals surface area contributed by atoms with Crippen molar-refractivity contribution in [3.8, 4) is 0 Å². The second kappa shape index (κ2) is 5.90. The first-order chi connectivity index (χ1) is 9.69. The fourth-order valence-electron chi connectivity index (χ4n) is 2.64. The van der Waals surface area contributed by atoms with Crippen LogP contribution in [0, 0.1) is 11.7 Å². The van der Waals surface area contributed by atoms with E-state index in [1.54, 1.807) is 6.07 Å². The molecule has 1 saturated carbocycles. The molecule has 0 aliphatic heterocycles. The van der Waals surface area contributed by atoms with E-state index in [1.807, 2.05) is 0 Å². The lowest BCUT2D eigenvalue weighted by atomic mass is 10.2. The number of fused-ring (bicyclic) bond motifs is 1. The number of benzene rings is 1. The van der Waals surface area contributed by atoms with Gasteiger partial charge in [0.1, 0.15) is 11.6 Å². The van der Waals surface area contributed by atoms with Crippen LogP contribution >= 0.6 is 23.2 Å². The number of hydrogen-bond acceptors (Lipinski definition) is 1. The molecule has 0 bridgehead atoms. The van der Waals surface area contributed by atoms with E-state index in [1.165, 1.54) is 25.3 Å². The van der Waals surface area contributed by atoms with Gasteiger partial charge in [0.25, 0.3) is 0 Å². The zero-order valence-electron chi connectivity index (χ0n) is 11.2. The maximum absolute atomic E-state index is 13.7. The minimum absolute atomic E-state index is 0.123. The Labute approximate surface area is 127 Å². The van der Waals surface area contributed by atoms with Gasteiger partial charge < -0.3 is 4.57 Å². The van der Waals surface area contributed by atoms with E-state index in [4.69, 9.17) is 23.2 Å². The summed E-state index contributed by atoms with van der Waals surface area (Å²) >= 11 is 11.7. The monoisotopic (exact) mass is 314 g/mol. The average Bonchev–Trinajstić information content (AvgIpc) is 3.18. The molecule has 3 rings (SSSR count). The van der Waals surface area contributed by atoms with Gasteiger partial charge in [0.05, 0.1) is 16.1 Å². The molecule has 1 aliphatic carbocycles. The summed E-state index contributed by atoms with van der Waals surface area (Å²) in [5.74, 6) is 1.96. The predicted molar refractivity (Wildman–Crippen MR) is 81.1 cm³/mol. The number of nitrogens with zero attached hydrogens (tertiary/aromatic N) is 2. The van der Waals surface area contributed by atoms with Crippen LogP contribution in [0.2, 0.25) is 5.02 Å². The highest BCUT2D eigenvalue weighted by Gasteiger charge is 2.21. The van der Waals surface area contributed by atoms with Crippen molar-refractivity contribution in [3.63, 3.8) is 0 Å². The second-order valence-electron chi connectivity index (χ2n) is 5.46. The lowest BCUT2D eigenvalue weighted by Gasteiger charge is -2.08. The highest BCUT2D eigenvalue weighted by Crippen LogP contribution is 2.34. The molecule has 0 spiro atoms. The third-order valence-electron chi connectivity index (χ3n) is 3.88. The van der Waals surface area contributed by atoms with Gasteiger partial charge in [-0.2, -0.15) is 0 Å². The largest absolute Gasteiger partial charge is 0.328 e. The maximum atomic E-state index is 13.7. The van der Waals surface area contributed by atoms with E-state index in [-0.39, 0.29) is 10.8 Å². The Morgan fingerprint density at radius 2 is 2.15 bits per heavy atom. The Bertz CT molecular complexity index is 620. The molecule has 108 valence electrons. The molecule has 20 heavy (non-hydrogen) atoms. The van der Waals surface area contributed by atoms with Crippen molar-refractivity contribution < 1.29 is 4.39 Å². The maximum Gasteiger partial charge on any atom is 0.144 e. The number of aromatic nitrogens is 2. The Balaban J connectivity index is 1.91. The number of aryl methyl sites for hydroxylation is 2. The first kappa shape index (κ1) is 14.2. The third-order valence-corrected chi connectivity index (χ3v) is 4.36. The van der Waals surface area contributed by atoms with Crippen LogP contribution in [-0.2, 0) is 13.0 Å². The number of hydrogen-bond donors (Lipinski definition) is 0. The molecule has 0 unspecified atom stereocenters. The fraction of sp³-hybridized carbons (Fsp3) is 0.533. The lowest BCUT2D eigenvalue weighted by molar-refractivity contribution is 0.570. The summed E-state index contributed by atoms with van der Waals surface area (Å²) in [6.07, 6.45) is 5.78. The van der Waals surface area contributed by atoms with Gasteiger partial charge in [0.15, 0.2) is 0 Å². The summed E-state index contributed by atoms with van der Waals surface area (Å²) in [5, 5.41) is 0.123. The van der Waals surface area contributed by atoms with Crippen LogP contribution in [0.4, 0.5) is 4.39 Å². The van der Waals surface area contributed by atoms with Crippen molar-refractivity contribution in [1.29, 1.82) is 0 Å². The average molecular weight is 315 g/mol. The van der Waals surface area contributed by atoms with Crippen molar-refractivity contribution in [3.05, 3.63) is 28.8 Å². The standard InChI is InChI=1S/C15H17Cl2FN2/c16-6-5-15-19-13-8-11(17)12(18)9-14(13)20(15)7-1-2-10-3-4-10/h8-10H,1-7H2. The van der Waals surface area contributed by atoms with E-state index >= 15 is 0 Å². The number of alkyl halides is 1. The van der Waals surface area contributed by atoms with Gasteiger partial charge in [-0.1, -0.05) is 24.4 Å². The van der Waals surface area contributed by atoms with Crippen LogP contribution in [0.1, 0.15) is 31.5 Å². The van der Waals surface area contributed by atoms with Crippen molar-refractivity contribution in [2.45, 2.75) is 38.6 Å². The molecule has 0 N–H and O–H groups in total. The van der Waals surface area contributed by atoms with E-state index in [9.17, 15) is 4.39 Å².